The molecule has 0 bridgehead atoms. The van der Waals surface area contributed by atoms with Crippen molar-refractivity contribution in [2.45, 2.75) is 12.8 Å². The second-order valence-electron chi connectivity index (χ2n) is 6.89. The number of carbonyl (C=O) groups is 1. The summed E-state index contributed by atoms with van der Waals surface area (Å²) in [6.07, 6.45) is 2.52. The molecule has 28 heavy (non-hydrogen) atoms. The average molecular weight is 380 g/mol. The molecule has 1 aromatic carbocycles. The fourth-order valence-electron chi connectivity index (χ4n) is 3.44. The normalized spacial score (nSPS) is 16.6. The van der Waals surface area contributed by atoms with Crippen LogP contribution in [-0.2, 0) is 11.2 Å². The van der Waals surface area contributed by atoms with E-state index in [0.29, 0.717) is 37.5 Å². The minimum atomic E-state index is -0.517. The maximum absolute atomic E-state index is 12.3. The van der Waals surface area contributed by atoms with E-state index in [-0.39, 0.29) is 17.6 Å². The first kappa shape index (κ1) is 17.9. The Bertz CT molecular complexity index is 1000. The minimum absolute atomic E-state index is 0.163. The van der Waals surface area contributed by atoms with Gasteiger partial charge in [-0.25, -0.2) is 4.98 Å². The van der Waals surface area contributed by atoms with Crippen molar-refractivity contribution in [1.82, 2.24) is 19.5 Å². The van der Waals surface area contributed by atoms with Gasteiger partial charge in [0, 0.05) is 38.0 Å². The van der Waals surface area contributed by atoms with E-state index in [2.05, 4.69) is 27.5 Å². The van der Waals surface area contributed by atoms with Gasteiger partial charge in [0.25, 0.3) is 0 Å². The van der Waals surface area contributed by atoms with Crippen LogP contribution in [0.5, 0.6) is 0 Å². The van der Waals surface area contributed by atoms with Crippen LogP contribution in [0.2, 0.25) is 0 Å². The number of fused-ring (bicyclic) bond motifs is 1. The number of nitrogens with one attached hydrogen (secondary N) is 1. The molecule has 1 aliphatic heterocycles. The quantitative estimate of drug-likeness (QED) is 0.497. The maximum atomic E-state index is 12.3. The molecule has 1 atom stereocenters. The summed E-state index contributed by atoms with van der Waals surface area (Å²) in [6, 6.07) is 13.5. The number of likely N-dealkylation sites (tertiary alicyclic amines) is 1. The Kier molecular flexibility index (Phi) is 4.88. The number of aromatic nitrogens is 3. The minimum Gasteiger partial charge on any atom is -0.367 e. The Morgan fingerprint density at radius 1 is 1.21 bits per heavy atom. The Hall–Kier alpha value is -3.49. The molecule has 3 aromatic rings. The summed E-state index contributed by atoms with van der Waals surface area (Å²) in [4.78, 5) is 28.7. The monoisotopic (exact) mass is 380 g/mol. The molecule has 1 amide bonds. The van der Waals surface area contributed by atoms with E-state index in [0.717, 1.165) is 6.42 Å². The number of imidazole rings is 1. The van der Waals surface area contributed by atoms with Crippen LogP contribution in [0, 0.1) is 16.0 Å². The van der Waals surface area contributed by atoms with Gasteiger partial charge in [-0.05, 0) is 23.0 Å². The number of nitro groups is 1. The van der Waals surface area contributed by atoms with Crippen molar-refractivity contribution < 1.29 is 9.72 Å². The summed E-state index contributed by atoms with van der Waals surface area (Å²) >= 11 is 0. The fraction of sp³-hybridized carbons (Fsp3) is 0.316. The fourth-order valence-corrected chi connectivity index (χ4v) is 3.44. The lowest BCUT2D eigenvalue weighted by molar-refractivity contribution is -0.391. The number of nitrogens with zero attached hydrogens (tertiary/aromatic N) is 5. The summed E-state index contributed by atoms with van der Waals surface area (Å²) in [6.45, 7) is 1.99. The van der Waals surface area contributed by atoms with Gasteiger partial charge >= 0.3 is 5.82 Å². The highest BCUT2D eigenvalue weighted by Gasteiger charge is 2.29. The van der Waals surface area contributed by atoms with Crippen LogP contribution in [-0.4, -0.2) is 50.0 Å². The Labute approximate surface area is 161 Å². The number of hydrogen-bond donors (Lipinski definition) is 1. The van der Waals surface area contributed by atoms with Crippen LogP contribution in [0.4, 0.5) is 11.6 Å². The van der Waals surface area contributed by atoms with Crippen molar-refractivity contribution in [1.29, 1.82) is 0 Å². The molecule has 1 saturated heterocycles. The number of anilines is 1. The van der Waals surface area contributed by atoms with Crippen LogP contribution in [0.1, 0.15) is 12.0 Å². The molecule has 1 fully saturated rings. The van der Waals surface area contributed by atoms with E-state index in [9.17, 15) is 14.9 Å². The Morgan fingerprint density at radius 2 is 2.04 bits per heavy atom. The topological polar surface area (TPSA) is 106 Å². The molecule has 144 valence electrons. The molecule has 9 heteroatoms. The highest BCUT2D eigenvalue weighted by atomic mass is 16.6. The van der Waals surface area contributed by atoms with Crippen LogP contribution in [0.15, 0.2) is 48.7 Å². The van der Waals surface area contributed by atoms with E-state index >= 15 is 0 Å². The van der Waals surface area contributed by atoms with Gasteiger partial charge in [0.2, 0.25) is 11.6 Å². The standard InChI is InChI=1S/C19H20N6O3/c26-19-10-15(13-23(19)9-8-14-4-2-1-3-5-14)11-20-16-6-7-17-21-12-18(25(27)28)24(17)22-16/h1-7,12,15H,8-11,13H2,(H,20,22). The molecule has 0 aliphatic carbocycles. The van der Waals surface area contributed by atoms with Gasteiger partial charge in [-0.15, -0.1) is 0 Å². The van der Waals surface area contributed by atoms with Crippen LogP contribution >= 0.6 is 0 Å². The largest absolute Gasteiger partial charge is 0.368 e. The zero-order valence-electron chi connectivity index (χ0n) is 15.2. The lowest BCUT2D eigenvalue weighted by Crippen LogP contribution is -2.28. The third-order valence-corrected chi connectivity index (χ3v) is 4.91. The lowest BCUT2D eigenvalue weighted by atomic mass is 10.1. The highest BCUT2D eigenvalue weighted by molar-refractivity contribution is 5.78. The third kappa shape index (κ3) is 3.78. The van der Waals surface area contributed by atoms with Gasteiger partial charge in [0.1, 0.15) is 6.20 Å². The van der Waals surface area contributed by atoms with E-state index < -0.39 is 4.92 Å². The number of benzene rings is 1. The molecule has 0 spiro atoms. The van der Waals surface area contributed by atoms with Gasteiger partial charge in [-0.2, -0.15) is 0 Å². The molecule has 9 nitrogen and oxygen atoms in total. The van der Waals surface area contributed by atoms with Crippen molar-refractivity contribution in [2.24, 2.45) is 5.92 Å². The third-order valence-electron chi connectivity index (χ3n) is 4.91. The average Bonchev–Trinajstić information content (AvgIpc) is 3.28. The molecule has 1 N–H and O–H groups in total. The molecular weight excluding hydrogens is 360 g/mol. The number of amides is 1. The summed E-state index contributed by atoms with van der Waals surface area (Å²) in [5.41, 5.74) is 1.64. The second kappa shape index (κ2) is 7.63. The van der Waals surface area contributed by atoms with E-state index in [1.54, 1.807) is 12.1 Å². The SMILES string of the molecule is O=C1CC(CNc2ccc3ncc([N+](=O)[O-])n3n2)CN1CCc1ccccc1. The molecule has 0 radical (unpaired) electrons. The van der Waals surface area contributed by atoms with E-state index in [1.807, 2.05) is 23.1 Å². The van der Waals surface area contributed by atoms with E-state index in [4.69, 9.17) is 0 Å². The van der Waals surface area contributed by atoms with Crippen molar-refractivity contribution in [2.75, 3.05) is 25.0 Å². The summed E-state index contributed by atoms with van der Waals surface area (Å²) in [5, 5.41) is 18.5. The summed E-state index contributed by atoms with van der Waals surface area (Å²) < 4.78 is 1.20. The number of hydrogen-bond acceptors (Lipinski definition) is 6. The molecule has 1 unspecified atom stereocenters. The Balaban J connectivity index is 1.34. The number of rotatable bonds is 7. The van der Waals surface area contributed by atoms with Crippen LogP contribution < -0.4 is 5.32 Å². The highest BCUT2D eigenvalue weighted by Crippen LogP contribution is 2.20. The molecule has 4 rings (SSSR count). The molecular formula is C19H20N6O3. The first-order valence-electron chi connectivity index (χ1n) is 9.15. The molecule has 3 heterocycles. The summed E-state index contributed by atoms with van der Waals surface area (Å²) in [5.74, 6) is 0.681. The van der Waals surface area contributed by atoms with Gasteiger partial charge in [-0.3, -0.25) is 4.79 Å². The van der Waals surface area contributed by atoms with Crippen LogP contribution in [0.3, 0.4) is 0 Å². The van der Waals surface area contributed by atoms with Gasteiger partial charge in [0.05, 0.1) is 0 Å². The summed E-state index contributed by atoms with van der Waals surface area (Å²) in [7, 11) is 0. The van der Waals surface area contributed by atoms with Crippen LogP contribution in [0.25, 0.3) is 5.65 Å². The predicted molar refractivity (Wildman–Crippen MR) is 103 cm³/mol. The molecule has 2 aromatic heterocycles. The zero-order valence-corrected chi connectivity index (χ0v) is 15.2. The lowest BCUT2D eigenvalue weighted by Gasteiger charge is -2.17. The van der Waals surface area contributed by atoms with E-state index in [1.165, 1.54) is 16.3 Å². The Morgan fingerprint density at radius 3 is 2.82 bits per heavy atom. The predicted octanol–water partition coefficient (Wildman–Crippen LogP) is 2.14. The van der Waals surface area contributed by atoms with Crippen molar-refractivity contribution in [3.05, 3.63) is 64.3 Å². The van der Waals surface area contributed by atoms with Crippen molar-refractivity contribution in [3.63, 3.8) is 0 Å². The number of carbonyl (C=O) groups excluding carboxylic acids is 1. The zero-order chi connectivity index (χ0) is 19.5. The smallest absolute Gasteiger partial charge is 0.367 e. The van der Waals surface area contributed by atoms with Gasteiger partial charge < -0.3 is 20.3 Å². The molecule has 0 saturated carbocycles. The first-order valence-corrected chi connectivity index (χ1v) is 9.15. The van der Waals surface area contributed by atoms with Gasteiger partial charge in [0.15, 0.2) is 5.82 Å². The van der Waals surface area contributed by atoms with Gasteiger partial charge in [-0.1, -0.05) is 39.9 Å². The molecule has 1 aliphatic rings. The van der Waals surface area contributed by atoms with Crippen molar-refractivity contribution in [3.8, 4) is 0 Å². The second-order valence-corrected chi connectivity index (χ2v) is 6.89. The maximum Gasteiger partial charge on any atom is 0.368 e. The van der Waals surface area contributed by atoms with Crippen molar-refractivity contribution >= 4 is 23.2 Å². The first-order chi connectivity index (χ1) is 13.6.